The molecule has 0 saturated carbocycles. The quantitative estimate of drug-likeness (QED) is 0.235. The topological polar surface area (TPSA) is 66.5 Å². The molecule has 0 amide bonds. The van der Waals surface area contributed by atoms with E-state index in [9.17, 15) is 4.79 Å². The lowest BCUT2D eigenvalue weighted by molar-refractivity contribution is -0.156. The van der Waals surface area contributed by atoms with Crippen LogP contribution < -0.4 is 0 Å². The van der Waals surface area contributed by atoms with Crippen molar-refractivity contribution in [1.82, 2.24) is 9.55 Å². The average molecular weight is 489 g/mol. The second-order valence-electron chi connectivity index (χ2n) is 9.46. The van der Waals surface area contributed by atoms with Gasteiger partial charge in [0, 0.05) is 35.2 Å². The van der Waals surface area contributed by atoms with Gasteiger partial charge < -0.3 is 18.5 Å². The first-order chi connectivity index (χ1) is 17.3. The number of hydrogen-bond acceptors (Lipinski definition) is 5. The van der Waals surface area contributed by atoms with Crippen molar-refractivity contribution >= 4 is 16.9 Å². The molecule has 36 heavy (non-hydrogen) atoms. The van der Waals surface area contributed by atoms with Gasteiger partial charge in [0.2, 0.25) is 5.89 Å². The van der Waals surface area contributed by atoms with Gasteiger partial charge in [-0.1, -0.05) is 32.0 Å². The van der Waals surface area contributed by atoms with E-state index in [1.165, 1.54) is 5.56 Å². The Kier molecular flexibility index (Phi) is 7.94. The first kappa shape index (κ1) is 25.7. The minimum atomic E-state index is -0.596. The highest BCUT2D eigenvalue weighted by atomic mass is 16.6. The molecule has 190 valence electrons. The minimum absolute atomic E-state index is 0.315. The lowest BCUT2D eigenvalue weighted by atomic mass is 10.0. The van der Waals surface area contributed by atoms with Gasteiger partial charge in [-0.25, -0.2) is 9.78 Å². The van der Waals surface area contributed by atoms with E-state index in [-0.39, 0.29) is 5.97 Å². The van der Waals surface area contributed by atoms with Gasteiger partial charge in [-0.2, -0.15) is 0 Å². The van der Waals surface area contributed by atoms with E-state index in [0.717, 1.165) is 39.2 Å². The average Bonchev–Trinajstić information content (AvgIpc) is 3.37. The molecule has 1 unspecified atom stereocenters. The van der Waals surface area contributed by atoms with Crippen molar-refractivity contribution in [3.8, 4) is 11.5 Å². The van der Waals surface area contributed by atoms with Gasteiger partial charge >= 0.3 is 5.97 Å². The molecule has 0 aliphatic carbocycles. The van der Waals surface area contributed by atoms with Crippen molar-refractivity contribution in [3.05, 3.63) is 76.8 Å². The maximum atomic E-state index is 12.3. The number of fused-ring (bicyclic) bond motifs is 1. The molecule has 0 aliphatic rings. The van der Waals surface area contributed by atoms with E-state index in [1.807, 2.05) is 13.8 Å². The van der Waals surface area contributed by atoms with Gasteiger partial charge in [-0.3, -0.25) is 0 Å². The summed E-state index contributed by atoms with van der Waals surface area (Å²) < 4.78 is 19.1. The Morgan fingerprint density at radius 3 is 2.44 bits per heavy atom. The number of aromatic nitrogens is 2. The Hall–Kier alpha value is -3.38. The summed E-state index contributed by atoms with van der Waals surface area (Å²) in [4.78, 5) is 17.1. The van der Waals surface area contributed by atoms with Gasteiger partial charge in [-0.05, 0) is 75.1 Å². The van der Waals surface area contributed by atoms with Crippen LogP contribution in [0.3, 0.4) is 0 Å². The third-order valence-corrected chi connectivity index (χ3v) is 6.54. The fourth-order valence-corrected chi connectivity index (χ4v) is 4.51. The smallest absolute Gasteiger partial charge is 0.335 e. The number of nitrogens with zero attached hydrogens (tertiary/aromatic N) is 2. The first-order valence-electron chi connectivity index (χ1n) is 12.7. The molecule has 2 aromatic carbocycles. The third-order valence-electron chi connectivity index (χ3n) is 6.54. The van der Waals surface area contributed by atoms with Crippen LogP contribution >= 0.6 is 0 Å². The summed E-state index contributed by atoms with van der Waals surface area (Å²) in [6.45, 7) is 13.6. The van der Waals surface area contributed by atoms with Crippen molar-refractivity contribution in [1.29, 1.82) is 0 Å². The molecule has 0 radical (unpaired) electrons. The number of benzene rings is 2. The highest BCUT2D eigenvalue weighted by Gasteiger charge is 2.21. The number of carbonyl (C=O) groups excluding carboxylic acids is 1. The first-order valence-corrected chi connectivity index (χ1v) is 12.7. The van der Waals surface area contributed by atoms with Gasteiger partial charge in [0.1, 0.15) is 11.5 Å². The standard InChI is InChI=1S/C30H36N2O4/c1-7-34-28(30(33)35-8-2)17-22-9-14-27-25(16-22)15-20(5)32(27)18-26-21(6)36-29(31-26)24-12-10-23(11-13-24)19(3)4/h9-16,19,28H,7-8,17-18H2,1-6H3. The molecule has 1 atom stereocenters. The summed E-state index contributed by atoms with van der Waals surface area (Å²) >= 11 is 0. The fourth-order valence-electron chi connectivity index (χ4n) is 4.51. The van der Waals surface area contributed by atoms with Gasteiger partial charge in [-0.15, -0.1) is 0 Å². The van der Waals surface area contributed by atoms with Gasteiger partial charge in [0.05, 0.1) is 13.2 Å². The van der Waals surface area contributed by atoms with Crippen LogP contribution in [0.25, 0.3) is 22.4 Å². The second-order valence-corrected chi connectivity index (χ2v) is 9.46. The Bertz CT molecular complexity index is 1330. The summed E-state index contributed by atoms with van der Waals surface area (Å²) in [5.74, 6) is 1.64. The molecule has 4 rings (SSSR count). The molecular weight excluding hydrogens is 452 g/mol. The van der Waals surface area contributed by atoms with Crippen LogP contribution in [0.4, 0.5) is 0 Å². The zero-order valence-electron chi connectivity index (χ0n) is 22.1. The summed E-state index contributed by atoms with van der Waals surface area (Å²) in [7, 11) is 0. The molecule has 0 N–H and O–H groups in total. The third kappa shape index (κ3) is 5.54. The van der Waals surface area contributed by atoms with E-state index in [0.29, 0.717) is 38.0 Å². The van der Waals surface area contributed by atoms with E-state index in [2.05, 4.69) is 73.9 Å². The second kappa shape index (κ2) is 11.1. The molecule has 0 aliphatic heterocycles. The number of ether oxygens (including phenoxy) is 2. The Morgan fingerprint density at radius 2 is 1.78 bits per heavy atom. The van der Waals surface area contributed by atoms with Crippen LogP contribution in [0.2, 0.25) is 0 Å². The number of rotatable bonds is 10. The molecule has 0 bridgehead atoms. The maximum Gasteiger partial charge on any atom is 0.335 e. The monoisotopic (exact) mass is 488 g/mol. The van der Waals surface area contributed by atoms with Crippen molar-refractivity contribution in [2.24, 2.45) is 0 Å². The molecule has 2 aromatic heterocycles. The molecular formula is C30H36N2O4. The van der Waals surface area contributed by atoms with Crippen LogP contribution in [0.5, 0.6) is 0 Å². The molecule has 6 nitrogen and oxygen atoms in total. The normalized spacial score (nSPS) is 12.4. The van der Waals surface area contributed by atoms with Crippen LogP contribution in [0.15, 0.2) is 52.9 Å². The number of carbonyl (C=O) groups is 1. The predicted octanol–water partition coefficient (Wildman–Crippen LogP) is 6.60. The molecule has 0 spiro atoms. The Labute approximate surface area is 213 Å². The van der Waals surface area contributed by atoms with Crippen LogP contribution in [0, 0.1) is 13.8 Å². The summed E-state index contributed by atoms with van der Waals surface area (Å²) in [5, 5.41) is 1.12. The van der Waals surface area contributed by atoms with E-state index in [4.69, 9.17) is 18.9 Å². The molecule has 4 aromatic rings. The van der Waals surface area contributed by atoms with E-state index >= 15 is 0 Å². The largest absolute Gasteiger partial charge is 0.464 e. The van der Waals surface area contributed by atoms with Gasteiger partial charge in [0.15, 0.2) is 6.10 Å². The lowest BCUT2D eigenvalue weighted by Crippen LogP contribution is -2.28. The van der Waals surface area contributed by atoms with Crippen molar-refractivity contribution in [3.63, 3.8) is 0 Å². The van der Waals surface area contributed by atoms with Crippen molar-refractivity contribution < 1.29 is 18.7 Å². The van der Waals surface area contributed by atoms with Crippen LogP contribution in [-0.2, 0) is 27.2 Å². The zero-order chi connectivity index (χ0) is 25.8. The molecule has 6 heteroatoms. The Balaban J connectivity index is 1.57. The SMILES string of the molecule is CCOC(=O)C(Cc1ccc2c(c1)cc(C)n2Cc1nc(-c2ccc(C(C)C)cc2)oc1C)OCC. The summed E-state index contributed by atoms with van der Waals surface area (Å²) in [5.41, 5.74) is 6.49. The number of esters is 1. The van der Waals surface area contributed by atoms with Crippen molar-refractivity contribution in [2.75, 3.05) is 13.2 Å². The Morgan fingerprint density at radius 1 is 1.03 bits per heavy atom. The van der Waals surface area contributed by atoms with Crippen LogP contribution in [-0.4, -0.2) is 34.8 Å². The molecule has 0 saturated heterocycles. The minimum Gasteiger partial charge on any atom is -0.464 e. The number of aryl methyl sites for hydroxylation is 2. The summed E-state index contributed by atoms with van der Waals surface area (Å²) in [6.07, 6.45) is -0.116. The summed E-state index contributed by atoms with van der Waals surface area (Å²) in [6, 6.07) is 16.9. The van der Waals surface area contributed by atoms with Gasteiger partial charge in [0.25, 0.3) is 0 Å². The number of hydrogen-bond donors (Lipinski definition) is 0. The molecule has 0 fully saturated rings. The number of oxazole rings is 1. The maximum absolute atomic E-state index is 12.3. The lowest BCUT2D eigenvalue weighted by Gasteiger charge is -2.15. The highest BCUT2D eigenvalue weighted by Crippen LogP contribution is 2.27. The van der Waals surface area contributed by atoms with Crippen molar-refractivity contribution in [2.45, 2.75) is 66.5 Å². The van der Waals surface area contributed by atoms with E-state index < -0.39 is 6.10 Å². The van der Waals surface area contributed by atoms with E-state index in [1.54, 1.807) is 6.92 Å². The zero-order valence-corrected chi connectivity index (χ0v) is 22.1. The predicted molar refractivity (Wildman–Crippen MR) is 142 cm³/mol. The molecule has 2 heterocycles. The highest BCUT2D eigenvalue weighted by molar-refractivity contribution is 5.82. The fraction of sp³-hybridized carbons (Fsp3) is 0.400. The van der Waals surface area contributed by atoms with Crippen LogP contribution in [0.1, 0.15) is 61.9 Å².